The number of nitro benzene ring substituents is 1. The van der Waals surface area contributed by atoms with Crippen LogP contribution in [0.2, 0.25) is 0 Å². The van der Waals surface area contributed by atoms with Gasteiger partial charge < -0.3 is 5.73 Å². The van der Waals surface area contributed by atoms with Gasteiger partial charge in [0.2, 0.25) is 5.78 Å². The molecule has 5 nitrogen and oxygen atoms in total. The van der Waals surface area contributed by atoms with E-state index in [0.29, 0.717) is 17.0 Å². The first-order valence-electron chi connectivity index (χ1n) is 5.62. The zero-order chi connectivity index (χ0) is 14.0. The highest BCUT2D eigenvalue weighted by molar-refractivity contribution is 8.07. The molecule has 0 radical (unpaired) electrons. The number of hydrogen-bond acceptors (Lipinski definition) is 5. The molecule has 19 heavy (non-hydrogen) atoms. The van der Waals surface area contributed by atoms with Crippen LogP contribution in [0.1, 0.15) is 23.7 Å². The molecule has 0 aliphatic carbocycles. The summed E-state index contributed by atoms with van der Waals surface area (Å²) < 4.78 is 0. The molecule has 1 aliphatic heterocycles. The molecule has 1 aromatic carbocycles. The molecule has 0 saturated carbocycles. The van der Waals surface area contributed by atoms with Gasteiger partial charge in [0.15, 0.2) is 0 Å². The fourth-order valence-corrected chi connectivity index (χ4v) is 2.66. The summed E-state index contributed by atoms with van der Waals surface area (Å²) in [4.78, 5) is 24.1. The summed E-state index contributed by atoms with van der Waals surface area (Å²) in [7, 11) is 0. The second-order valence-corrected chi connectivity index (χ2v) is 5.34. The zero-order valence-corrected chi connectivity index (χ0v) is 11.1. The first-order chi connectivity index (χ1) is 9.00. The van der Waals surface area contributed by atoms with Gasteiger partial charge in [0, 0.05) is 18.2 Å². The van der Waals surface area contributed by atoms with Crippen molar-refractivity contribution < 1.29 is 9.72 Å². The Balaban J connectivity index is 2.43. The highest BCUT2D eigenvalue weighted by Crippen LogP contribution is 2.36. The minimum atomic E-state index is -0.555. The van der Waals surface area contributed by atoms with E-state index in [1.807, 2.05) is 13.0 Å². The predicted molar refractivity (Wildman–Crippen MR) is 74.6 cm³/mol. The van der Waals surface area contributed by atoms with Crippen LogP contribution in [0.4, 0.5) is 5.69 Å². The zero-order valence-electron chi connectivity index (χ0n) is 10.3. The maximum atomic E-state index is 12.4. The third-order valence-electron chi connectivity index (χ3n) is 2.72. The average Bonchev–Trinajstić information content (AvgIpc) is 2.40. The molecule has 98 valence electrons. The van der Waals surface area contributed by atoms with Crippen LogP contribution >= 0.6 is 11.8 Å². The van der Waals surface area contributed by atoms with Crippen molar-refractivity contribution >= 4 is 23.2 Å². The Morgan fingerprint density at radius 1 is 1.42 bits per heavy atom. The monoisotopic (exact) mass is 276 g/mol. The van der Waals surface area contributed by atoms with Crippen LogP contribution in [0.25, 0.3) is 0 Å². The van der Waals surface area contributed by atoms with E-state index in [2.05, 4.69) is 0 Å². The molecular formula is C13H12N2O3S. The van der Waals surface area contributed by atoms with Crippen molar-refractivity contribution in [3.8, 4) is 0 Å². The van der Waals surface area contributed by atoms with Gasteiger partial charge in [-0.15, -0.1) is 0 Å². The van der Waals surface area contributed by atoms with E-state index in [4.69, 9.17) is 5.73 Å². The maximum absolute atomic E-state index is 12.4. The molecule has 0 bridgehead atoms. The Morgan fingerprint density at radius 2 is 2.11 bits per heavy atom. The lowest BCUT2D eigenvalue weighted by molar-refractivity contribution is -0.385. The highest BCUT2D eigenvalue weighted by atomic mass is 32.2. The molecule has 2 rings (SSSR count). The third kappa shape index (κ3) is 2.68. The van der Waals surface area contributed by atoms with Crippen LogP contribution in [0.5, 0.6) is 0 Å². The molecule has 6 heteroatoms. The molecule has 1 heterocycles. The molecule has 0 fully saturated rings. The van der Waals surface area contributed by atoms with Gasteiger partial charge in [0.25, 0.3) is 5.69 Å². The van der Waals surface area contributed by atoms with Crippen molar-refractivity contribution in [3.63, 3.8) is 0 Å². The minimum Gasteiger partial charge on any atom is -0.401 e. The number of Topliss-reactive ketones (excluding diaryl/α,β-unsaturated/α-hetero) is 1. The normalized spacial score (nSPS) is 15.1. The van der Waals surface area contributed by atoms with Gasteiger partial charge in [-0.2, -0.15) is 0 Å². The van der Waals surface area contributed by atoms with Crippen molar-refractivity contribution in [3.05, 3.63) is 61.5 Å². The van der Waals surface area contributed by atoms with Gasteiger partial charge in [-0.1, -0.05) is 30.0 Å². The average molecular weight is 276 g/mol. The summed E-state index contributed by atoms with van der Waals surface area (Å²) >= 11 is 1.26. The van der Waals surface area contributed by atoms with Gasteiger partial charge in [-0.05, 0) is 17.9 Å². The molecule has 0 saturated heterocycles. The van der Waals surface area contributed by atoms with Crippen LogP contribution in [-0.2, 0) is 0 Å². The molecule has 0 amide bonds. The Kier molecular flexibility index (Phi) is 3.71. The van der Waals surface area contributed by atoms with Crippen molar-refractivity contribution in [2.24, 2.45) is 5.73 Å². The fourth-order valence-electron chi connectivity index (χ4n) is 1.75. The number of hydrogen-bond donors (Lipinski definition) is 1. The van der Waals surface area contributed by atoms with E-state index in [1.54, 1.807) is 6.07 Å². The van der Waals surface area contributed by atoms with Crippen LogP contribution in [-0.4, -0.2) is 10.7 Å². The molecule has 0 atom stereocenters. The lowest BCUT2D eigenvalue weighted by atomic mass is 10.1. The molecule has 0 spiro atoms. The van der Waals surface area contributed by atoms with E-state index in [9.17, 15) is 14.9 Å². The summed E-state index contributed by atoms with van der Waals surface area (Å²) in [5.41, 5.74) is 6.17. The molecule has 0 aromatic heterocycles. The Morgan fingerprint density at radius 3 is 2.79 bits per heavy atom. The minimum absolute atomic E-state index is 0.0765. The van der Waals surface area contributed by atoms with E-state index >= 15 is 0 Å². The summed E-state index contributed by atoms with van der Waals surface area (Å²) in [6.07, 6.45) is 2.43. The third-order valence-corrected chi connectivity index (χ3v) is 3.86. The summed E-state index contributed by atoms with van der Waals surface area (Å²) in [5.74, 6) is -0.387. The van der Waals surface area contributed by atoms with Gasteiger partial charge in [0.1, 0.15) is 5.56 Å². The van der Waals surface area contributed by atoms with E-state index in [-0.39, 0.29) is 17.0 Å². The number of nitrogens with two attached hydrogens (primary N) is 1. The van der Waals surface area contributed by atoms with Crippen molar-refractivity contribution in [2.75, 3.05) is 0 Å². The second-order valence-electron chi connectivity index (χ2n) is 4.08. The summed E-state index contributed by atoms with van der Waals surface area (Å²) in [6, 6.07) is 5.91. The molecule has 1 aliphatic rings. The number of para-hydroxylation sites is 1. The topological polar surface area (TPSA) is 86.2 Å². The van der Waals surface area contributed by atoms with Gasteiger partial charge in [-0.3, -0.25) is 14.9 Å². The number of benzene rings is 1. The largest absolute Gasteiger partial charge is 0.401 e. The van der Waals surface area contributed by atoms with E-state index < -0.39 is 4.92 Å². The number of carbonyl (C=O) groups is 1. The van der Waals surface area contributed by atoms with Gasteiger partial charge >= 0.3 is 0 Å². The van der Waals surface area contributed by atoms with E-state index in [0.717, 1.165) is 4.91 Å². The molecule has 2 N–H and O–H groups in total. The van der Waals surface area contributed by atoms with Crippen LogP contribution in [0.15, 0.2) is 45.8 Å². The number of ketones is 1. The quantitative estimate of drug-likeness (QED) is 0.521. The Labute approximate surface area is 114 Å². The van der Waals surface area contributed by atoms with Crippen molar-refractivity contribution in [1.82, 2.24) is 0 Å². The van der Waals surface area contributed by atoms with Crippen LogP contribution in [0.3, 0.4) is 0 Å². The molecule has 0 unspecified atom stereocenters. The molecular weight excluding hydrogens is 264 g/mol. The number of carbonyl (C=O) groups excluding carboxylic acids is 1. The first kappa shape index (κ1) is 13.4. The number of allylic oxidation sites excluding steroid dienone is 3. The fraction of sp³-hybridized carbons (Fsp3) is 0.154. The SMILES string of the molecule is CC1=CCC(N)=C(C(=O)c2ccccc2[N+](=O)[O-])S1. The smallest absolute Gasteiger partial charge is 0.280 e. The number of nitro groups is 1. The first-order valence-corrected chi connectivity index (χ1v) is 6.43. The second kappa shape index (κ2) is 5.27. The van der Waals surface area contributed by atoms with Gasteiger partial charge in [0.05, 0.1) is 9.83 Å². The maximum Gasteiger partial charge on any atom is 0.280 e. The lowest BCUT2D eigenvalue weighted by Gasteiger charge is -2.14. The van der Waals surface area contributed by atoms with Gasteiger partial charge in [-0.25, -0.2) is 0 Å². The lowest BCUT2D eigenvalue weighted by Crippen LogP contribution is -2.12. The van der Waals surface area contributed by atoms with Crippen molar-refractivity contribution in [1.29, 1.82) is 0 Å². The Bertz CT molecular complexity index is 620. The highest BCUT2D eigenvalue weighted by Gasteiger charge is 2.25. The number of rotatable bonds is 3. The summed E-state index contributed by atoms with van der Waals surface area (Å²) in [5, 5.41) is 10.9. The summed E-state index contributed by atoms with van der Waals surface area (Å²) in [6.45, 7) is 1.88. The van der Waals surface area contributed by atoms with Crippen molar-refractivity contribution in [2.45, 2.75) is 13.3 Å². The number of thioether (sulfide) groups is 1. The number of nitrogens with zero attached hydrogens (tertiary/aromatic N) is 1. The standard InChI is InChI=1S/C13H12N2O3S/c1-8-6-7-10(14)13(19-8)12(16)9-4-2-3-5-11(9)15(17)18/h2-6H,7,14H2,1H3. The van der Waals surface area contributed by atoms with Crippen LogP contribution in [0, 0.1) is 10.1 Å². The Hall–Kier alpha value is -2.08. The molecule has 1 aromatic rings. The predicted octanol–water partition coefficient (Wildman–Crippen LogP) is 2.99. The van der Waals surface area contributed by atoms with Crippen LogP contribution < -0.4 is 5.73 Å². The van der Waals surface area contributed by atoms with E-state index in [1.165, 1.54) is 30.0 Å².